The van der Waals surface area contributed by atoms with Gasteiger partial charge in [0.15, 0.2) is 0 Å². The zero-order valence-electron chi connectivity index (χ0n) is 9.95. The highest BCUT2D eigenvalue weighted by atomic mass is 16.5. The van der Waals surface area contributed by atoms with Crippen LogP contribution in [0.2, 0.25) is 0 Å². The Balaban J connectivity index is 2.39. The molecule has 1 N–H and O–H groups in total. The predicted octanol–water partition coefficient (Wildman–Crippen LogP) is 2.44. The molecule has 1 aliphatic heterocycles. The molecule has 2 nitrogen and oxygen atoms in total. The van der Waals surface area contributed by atoms with Crippen molar-refractivity contribution in [2.75, 3.05) is 0 Å². The Kier molecular flexibility index (Phi) is 2.32. The van der Waals surface area contributed by atoms with Crippen LogP contribution in [-0.2, 0) is 4.74 Å². The topological polar surface area (TPSA) is 29.5 Å². The highest BCUT2D eigenvalue weighted by Crippen LogP contribution is 2.48. The van der Waals surface area contributed by atoms with E-state index in [1.54, 1.807) is 6.92 Å². The number of ether oxygens (including phenoxy) is 1. The quantitative estimate of drug-likeness (QED) is 0.671. The van der Waals surface area contributed by atoms with Gasteiger partial charge in [-0.15, -0.1) is 0 Å². The van der Waals surface area contributed by atoms with Gasteiger partial charge in [-0.3, -0.25) is 0 Å². The van der Waals surface area contributed by atoms with Gasteiger partial charge in [0.05, 0.1) is 6.10 Å². The van der Waals surface area contributed by atoms with E-state index < -0.39 is 6.10 Å². The largest absolute Gasteiger partial charge is 0.390 e. The van der Waals surface area contributed by atoms with Crippen molar-refractivity contribution in [2.24, 2.45) is 5.41 Å². The first-order chi connectivity index (χ1) is 6.85. The minimum atomic E-state index is -0.441. The highest BCUT2D eigenvalue weighted by Gasteiger charge is 2.45. The van der Waals surface area contributed by atoms with Gasteiger partial charge in [0, 0.05) is 0 Å². The molecule has 1 aliphatic carbocycles. The molecule has 0 aromatic carbocycles. The molecule has 0 aromatic heterocycles. The van der Waals surface area contributed by atoms with Crippen molar-refractivity contribution < 1.29 is 9.84 Å². The third-order valence-corrected chi connectivity index (χ3v) is 3.52. The van der Waals surface area contributed by atoms with E-state index in [1.807, 2.05) is 0 Å². The van der Waals surface area contributed by atoms with E-state index in [0.29, 0.717) is 0 Å². The lowest BCUT2D eigenvalue weighted by Crippen LogP contribution is -2.37. The molecule has 0 spiro atoms. The van der Waals surface area contributed by atoms with Crippen LogP contribution in [0.15, 0.2) is 23.8 Å². The zero-order chi connectivity index (χ0) is 11.3. The van der Waals surface area contributed by atoms with Crippen LogP contribution in [0.5, 0.6) is 0 Å². The summed E-state index contributed by atoms with van der Waals surface area (Å²) in [6.45, 7) is 8.32. The molecule has 0 aromatic rings. The minimum Gasteiger partial charge on any atom is -0.390 e. The predicted molar refractivity (Wildman–Crippen MR) is 60.6 cm³/mol. The molecule has 2 aliphatic rings. The van der Waals surface area contributed by atoms with E-state index in [2.05, 4.69) is 39.0 Å². The summed E-state index contributed by atoms with van der Waals surface area (Å²) in [6.07, 6.45) is 6.85. The molecule has 2 rings (SSSR count). The molecule has 0 amide bonds. The Labute approximate surface area is 91.6 Å². The van der Waals surface area contributed by atoms with Gasteiger partial charge in [-0.05, 0) is 31.3 Å². The van der Waals surface area contributed by atoms with Gasteiger partial charge in [-0.2, -0.15) is 0 Å². The van der Waals surface area contributed by atoms with Gasteiger partial charge < -0.3 is 9.84 Å². The molecule has 0 saturated carbocycles. The Hall–Kier alpha value is -0.600. The fourth-order valence-corrected chi connectivity index (χ4v) is 2.66. The van der Waals surface area contributed by atoms with Crippen LogP contribution in [0.3, 0.4) is 0 Å². The Morgan fingerprint density at radius 2 is 2.13 bits per heavy atom. The smallest absolute Gasteiger partial charge is 0.106 e. The second-order valence-electron chi connectivity index (χ2n) is 5.50. The Morgan fingerprint density at radius 3 is 2.67 bits per heavy atom. The lowest BCUT2D eigenvalue weighted by molar-refractivity contribution is -0.0476. The van der Waals surface area contributed by atoms with Gasteiger partial charge in [0.25, 0.3) is 0 Å². The average molecular weight is 208 g/mol. The van der Waals surface area contributed by atoms with E-state index in [0.717, 1.165) is 6.42 Å². The summed E-state index contributed by atoms with van der Waals surface area (Å²) in [4.78, 5) is 0. The molecule has 0 unspecified atom stereocenters. The maximum absolute atomic E-state index is 9.59. The summed E-state index contributed by atoms with van der Waals surface area (Å²) in [7, 11) is 0. The van der Waals surface area contributed by atoms with Gasteiger partial charge in [0.1, 0.15) is 11.7 Å². The van der Waals surface area contributed by atoms with E-state index >= 15 is 0 Å². The number of aliphatic hydroxyl groups is 1. The second-order valence-corrected chi connectivity index (χ2v) is 5.50. The van der Waals surface area contributed by atoms with E-state index in [4.69, 9.17) is 4.74 Å². The molecular formula is C13H20O2. The molecule has 0 bridgehead atoms. The monoisotopic (exact) mass is 208 g/mol. The van der Waals surface area contributed by atoms with Gasteiger partial charge in [-0.25, -0.2) is 0 Å². The van der Waals surface area contributed by atoms with Crippen molar-refractivity contribution in [3.8, 4) is 0 Å². The number of aliphatic hydroxyl groups excluding tert-OH is 1. The lowest BCUT2D eigenvalue weighted by Gasteiger charge is -2.38. The third-order valence-electron chi connectivity index (χ3n) is 3.52. The van der Waals surface area contributed by atoms with Crippen LogP contribution >= 0.6 is 0 Å². The summed E-state index contributed by atoms with van der Waals surface area (Å²) in [5, 5.41) is 9.59. The summed E-state index contributed by atoms with van der Waals surface area (Å²) >= 11 is 0. The number of hydrogen-bond acceptors (Lipinski definition) is 2. The Bertz CT molecular complexity index is 325. The summed E-state index contributed by atoms with van der Waals surface area (Å²) in [5.41, 5.74) is 1.15. The summed E-state index contributed by atoms with van der Waals surface area (Å²) in [6, 6.07) is 0. The van der Waals surface area contributed by atoms with E-state index in [-0.39, 0.29) is 17.1 Å². The van der Waals surface area contributed by atoms with Crippen LogP contribution in [0.25, 0.3) is 0 Å². The molecule has 2 heteroatoms. The lowest BCUT2D eigenvalue weighted by atomic mass is 9.70. The van der Waals surface area contributed by atoms with Crippen molar-refractivity contribution in [3.05, 3.63) is 23.8 Å². The second kappa shape index (κ2) is 3.19. The summed E-state index contributed by atoms with van der Waals surface area (Å²) < 4.78 is 5.92. The fourth-order valence-electron chi connectivity index (χ4n) is 2.66. The first-order valence-electron chi connectivity index (χ1n) is 5.61. The zero-order valence-corrected chi connectivity index (χ0v) is 9.95. The van der Waals surface area contributed by atoms with Crippen LogP contribution in [-0.4, -0.2) is 22.9 Å². The molecule has 0 saturated heterocycles. The highest BCUT2D eigenvalue weighted by molar-refractivity contribution is 5.38. The minimum absolute atomic E-state index is 0.146. The normalized spacial score (nSPS) is 39.8. The fraction of sp³-hybridized carbons (Fsp3) is 0.692. The summed E-state index contributed by atoms with van der Waals surface area (Å²) in [5.74, 6) is 0. The van der Waals surface area contributed by atoms with Crippen LogP contribution in [0, 0.1) is 5.41 Å². The van der Waals surface area contributed by atoms with Crippen LogP contribution in [0.4, 0.5) is 0 Å². The maximum Gasteiger partial charge on any atom is 0.106 e. The van der Waals surface area contributed by atoms with Crippen LogP contribution < -0.4 is 0 Å². The molecule has 1 heterocycles. The number of allylic oxidation sites excluding steroid dienone is 1. The SMILES string of the molecule is C[C@H](O)[C@H]1C=C2C(C)(C)CC=C[C@@]2(C)O1. The van der Waals surface area contributed by atoms with Crippen molar-refractivity contribution in [1.82, 2.24) is 0 Å². The first-order valence-corrected chi connectivity index (χ1v) is 5.61. The van der Waals surface area contributed by atoms with Gasteiger partial charge in [-0.1, -0.05) is 32.1 Å². The van der Waals surface area contributed by atoms with Crippen molar-refractivity contribution in [1.29, 1.82) is 0 Å². The van der Waals surface area contributed by atoms with Crippen LogP contribution in [0.1, 0.15) is 34.1 Å². The van der Waals surface area contributed by atoms with Crippen molar-refractivity contribution >= 4 is 0 Å². The molecule has 84 valence electrons. The van der Waals surface area contributed by atoms with E-state index in [1.165, 1.54) is 5.57 Å². The van der Waals surface area contributed by atoms with Gasteiger partial charge >= 0.3 is 0 Å². The molecular weight excluding hydrogens is 188 g/mol. The molecule has 0 radical (unpaired) electrons. The first kappa shape index (κ1) is 10.9. The number of fused-ring (bicyclic) bond motifs is 1. The number of hydrogen-bond donors (Lipinski definition) is 1. The van der Waals surface area contributed by atoms with Crippen molar-refractivity contribution in [3.63, 3.8) is 0 Å². The maximum atomic E-state index is 9.59. The molecule has 0 fully saturated rings. The number of rotatable bonds is 1. The van der Waals surface area contributed by atoms with Gasteiger partial charge in [0.2, 0.25) is 0 Å². The molecule has 15 heavy (non-hydrogen) atoms. The average Bonchev–Trinajstić information content (AvgIpc) is 2.43. The molecule has 3 atom stereocenters. The third kappa shape index (κ3) is 1.66. The van der Waals surface area contributed by atoms with E-state index in [9.17, 15) is 5.11 Å². The van der Waals surface area contributed by atoms with Crippen molar-refractivity contribution in [2.45, 2.75) is 51.9 Å². The Morgan fingerprint density at radius 1 is 1.47 bits per heavy atom. The standard InChI is InChI=1S/C13H20O2/c1-9(14)10-8-11-12(2,3)6-5-7-13(11,4)15-10/h5,7-10,14H,6H2,1-4H3/t9-,10+,13+/m0/s1.